The number of hydrogen-bond acceptors (Lipinski definition) is 3. The minimum atomic E-state index is -0.322. The number of oxime groups is 1. The Hall–Kier alpha value is -1.46. The first kappa shape index (κ1) is 14.0. The summed E-state index contributed by atoms with van der Waals surface area (Å²) in [5.41, 5.74) is 1.06. The average Bonchev–Trinajstić information content (AvgIpc) is 2.42. The molecule has 0 spiro atoms. The van der Waals surface area contributed by atoms with E-state index in [-0.39, 0.29) is 11.5 Å². The molecule has 0 aliphatic rings. The Labute approximate surface area is 127 Å². The van der Waals surface area contributed by atoms with Gasteiger partial charge in [0.25, 0.3) is 0 Å². The van der Waals surface area contributed by atoms with Crippen molar-refractivity contribution in [3.05, 3.63) is 68.6 Å². The Morgan fingerprint density at radius 2 is 1.26 bits per heavy atom. The normalized spacial score (nSPS) is 11.4. The molecule has 0 aliphatic carbocycles. The molecule has 2 aromatic carbocycles. The molecule has 19 heavy (non-hydrogen) atoms. The van der Waals surface area contributed by atoms with E-state index in [0.717, 1.165) is 8.95 Å². The number of nitrogens with zero attached hydrogens (tertiary/aromatic N) is 1. The first-order chi connectivity index (χ1) is 9.11. The number of hydrogen-bond donors (Lipinski definition) is 1. The van der Waals surface area contributed by atoms with Crippen molar-refractivity contribution in [3.63, 3.8) is 0 Å². The number of benzene rings is 2. The Bertz CT molecular complexity index is 619. The number of ketones is 1. The van der Waals surface area contributed by atoms with E-state index in [1.165, 1.54) is 0 Å². The van der Waals surface area contributed by atoms with Crippen LogP contribution < -0.4 is 0 Å². The SMILES string of the molecule is O=C(/C(=N/O)c1ccc(Br)cc1)c1ccc(Br)cc1. The lowest BCUT2D eigenvalue weighted by Crippen LogP contribution is -2.15. The van der Waals surface area contributed by atoms with Gasteiger partial charge in [0, 0.05) is 20.1 Å². The van der Waals surface area contributed by atoms with Crippen LogP contribution in [0.25, 0.3) is 0 Å². The number of Topliss-reactive ketones (excluding diaryl/α,β-unsaturated/α-hetero) is 1. The van der Waals surface area contributed by atoms with Crippen LogP contribution in [-0.2, 0) is 0 Å². The lowest BCUT2D eigenvalue weighted by molar-refractivity contribution is 0.106. The van der Waals surface area contributed by atoms with Crippen molar-refractivity contribution in [2.45, 2.75) is 0 Å². The van der Waals surface area contributed by atoms with Gasteiger partial charge in [0.2, 0.25) is 5.78 Å². The maximum Gasteiger partial charge on any atom is 0.215 e. The predicted octanol–water partition coefficient (Wildman–Crippen LogP) is 4.27. The summed E-state index contributed by atoms with van der Waals surface area (Å²) in [4.78, 5) is 12.3. The van der Waals surface area contributed by atoms with Gasteiger partial charge in [-0.25, -0.2) is 0 Å². The van der Waals surface area contributed by atoms with Gasteiger partial charge in [0.05, 0.1) is 0 Å². The van der Waals surface area contributed by atoms with Crippen LogP contribution in [0.15, 0.2) is 62.6 Å². The number of carbonyl (C=O) groups excluding carboxylic acids is 1. The van der Waals surface area contributed by atoms with Gasteiger partial charge in [0.15, 0.2) is 5.71 Å². The van der Waals surface area contributed by atoms with Crippen molar-refractivity contribution in [3.8, 4) is 0 Å². The van der Waals surface area contributed by atoms with E-state index >= 15 is 0 Å². The van der Waals surface area contributed by atoms with Crippen LogP contribution in [0, 0.1) is 0 Å². The van der Waals surface area contributed by atoms with E-state index in [1.807, 2.05) is 0 Å². The van der Waals surface area contributed by atoms with Crippen LogP contribution in [0.1, 0.15) is 15.9 Å². The standard InChI is InChI=1S/C14H9Br2NO2/c15-11-5-1-9(2-6-11)13(17-19)14(18)10-3-7-12(16)8-4-10/h1-8,19H/b17-13+. The smallest absolute Gasteiger partial charge is 0.215 e. The third-order valence-electron chi connectivity index (χ3n) is 2.54. The van der Waals surface area contributed by atoms with Gasteiger partial charge in [-0.15, -0.1) is 0 Å². The highest BCUT2D eigenvalue weighted by Crippen LogP contribution is 2.15. The highest BCUT2D eigenvalue weighted by Gasteiger charge is 2.16. The molecule has 0 heterocycles. The van der Waals surface area contributed by atoms with Gasteiger partial charge in [0.1, 0.15) is 0 Å². The van der Waals surface area contributed by atoms with Gasteiger partial charge in [-0.2, -0.15) is 0 Å². The van der Waals surface area contributed by atoms with Crippen LogP contribution in [-0.4, -0.2) is 16.7 Å². The molecule has 2 rings (SSSR count). The van der Waals surface area contributed by atoms with Crippen molar-refractivity contribution >= 4 is 43.4 Å². The fourth-order valence-electron chi connectivity index (χ4n) is 1.58. The number of carbonyl (C=O) groups is 1. The first-order valence-electron chi connectivity index (χ1n) is 5.40. The molecule has 1 N–H and O–H groups in total. The molecule has 5 heteroatoms. The summed E-state index contributed by atoms with van der Waals surface area (Å²) in [6.45, 7) is 0. The molecular formula is C14H9Br2NO2. The lowest BCUT2D eigenvalue weighted by atomic mass is 10.0. The first-order valence-corrected chi connectivity index (χ1v) is 6.98. The number of halogens is 2. The van der Waals surface area contributed by atoms with Gasteiger partial charge in [-0.05, 0) is 36.4 Å². The predicted molar refractivity (Wildman–Crippen MR) is 80.9 cm³/mol. The summed E-state index contributed by atoms with van der Waals surface area (Å²) in [5.74, 6) is -0.322. The summed E-state index contributed by atoms with van der Waals surface area (Å²) in [6, 6.07) is 13.9. The second-order valence-electron chi connectivity index (χ2n) is 3.79. The van der Waals surface area contributed by atoms with E-state index in [1.54, 1.807) is 48.5 Å². The van der Waals surface area contributed by atoms with Crippen molar-refractivity contribution in [2.75, 3.05) is 0 Å². The summed E-state index contributed by atoms with van der Waals surface area (Å²) in [6.07, 6.45) is 0. The topological polar surface area (TPSA) is 49.7 Å². The van der Waals surface area contributed by atoms with E-state index in [4.69, 9.17) is 5.21 Å². The summed E-state index contributed by atoms with van der Waals surface area (Å²) >= 11 is 6.62. The Morgan fingerprint density at radius 1 is 0.842 bits per heavy atom. The van der Waals surface area contributed by atoms with Crippen molar-refractivity contribution in [1.29, 1.82) is 0 Å². The summed E-state index contributed by atoms with van der Waals surface area (Å²) < 4.78 is 1.78. The molecule has 0 atom stereocenters. The van der Waals surface area contributed by atoms with Gasteiger partial charge in [-0.3, -0.25) is 4.79 Å². The lowest BCUT2D eigenvalue weighted by Gasteiger charge is -2.04. The van der Waals surface area contributed by atoms with E-state index in [9.17, 15) is 4.79 Å². The fraction of sp³-hybridized carbons (Fsp3) is 0. The molecule has 0 saturated heterocycles. The van der Waals surface area contributed by atoms with Crippen LogP contribution >= 0.6 is 31.9 Å². The highest BCUT2D eigenvalue weighted by molar-refractivity contribution is 9.10. The minimum Gasteiger partial charge on any atom is -0.410 e. The molecule has 0 saturated carbocycles. The zero-order chi connectivity index (χ0) is 13.8. The molecule has 0 radical (unpaired) electrons. The zero-order valence-corrected chi connectivity index (χ0v) is 12.8. The average molecular weight is 383 g/mol. The van der Waals surface area contributed by atoms with Crippen LogP contribution in [0.2, 0.25) is 0 Å². The third-order valence-corrected chi connectivity index (χ3v) is 3.60. The maximum absolute atomic E-state index is 12.3. The fourth-order valence-corrected chi connectivity index (χ4v) is 2.11. The minimum absolute atomic E-state index is 0.0230. The van der Waals surface area contributed by atoms with E-state index in [0.29, 0.717) is 11.1 Å². The molecule has 0 bridgehead atoms. The molecular weight excluding hydrogens is 374 g/mol. The molecule has 0 amide bonds. The van der Waals surface area contributed by atoms with E-state index < -0.39 is 0 Å². The Morgan fingerprint density at radius 3 is 1.68 bits per heavy atom. The van der Waals surface area contributed by atoms with Gasteiger partial charge >= 0.3 is 0 Å². The Kier molecular flexibility index (Phi) is 4.50. The van der Waals surface area contributed by atoms with Gasteiger partial charge in [-0.1, -0.05) is 49.1 Å². The van der Waals surface area contributed by atoms with Crippen LogP contribution in [0.5, 0.6) is 0 Å². The summed E-state index contributed by atoms with van der Waals surface area (Å²) in [7, 11) is 0. The third kappa shape index (κ3) is 3.30. The second-order valence-corrected chi connectivity index (χ2v) is 5.62. The zero-order valence-electron chi connectivity index (χ0n) is 9.68. The largest absolute Gasteiger partial charge is 0.410 e. The Balaban J connectivity index is 2.35. The molecule has 2 aromatic rings. The number of rotatable bonds is 3. The molecule has 3 nitrogen and oxygen atoms in total. The molecule has 96 valence electrons. The molecule has 0 aromatic heterocycles. The summed E-state index contributed by atoms with van der Waals surface area (Å²) in [5, 5.41) is 12.2. The quantitative estimate of drug-likeness (QED) is 0.373. The molecule has 0 fully saturated rings. The van der Waals surface area contributed by atoms with Crippen molar-refractivity contribution in [1.82, 2.24) is 0 Å². The van der Waals surface area contributed by atoms with Gasteiger partial charge < -0.3 is 5.21 Å². The second kappa shape index (κ2) is 6.12. The van der Waals surface area contributed by atoms with Crippen molar-refractivity contribution < 1.29 is 10.0 Å². The molecule has 0 unspecified atom stereocenters. The van der Waals surface area contributed by atoms with Crippen LogP contribution in [0.4, 0.5) is 0 Å². The molecule has 0 aliphatic heterocycles. The van der Waals surface area contributed by atoms with Crippen molar-refractivity contribution in [2.24, 2.45) is 5.16 Å². The van der Waals surface area contributed by atoms with Crippen LogP contribution in [0.3, 0.4) is 0 Å². The maximum atomic E-state index is 12.3. The highest BCUT2D eigenvalue weighted by atomic mass is 79.9. The van der Waals surface area contributed by atoms with E-state index in [2.05, 4.69) is 37.0 Å². The monoisotopic (exact) mass is 381 g/mol.